The van der Waals surface area contributed by atoms with Crippen molar-refractivity contribution in [3.05, 3.63) is 35.4 Å². The number of carboxylic acids is 1. The number of aliphatic carboxylic acids is 1. The first-order valence-corrected chi connectivity index (χ1v) is 13.4. The van der Waals surface area contributed by atoms with Gasteiger partial charge in [0.05, 0.1) is 13.0 Å². The molecule has 1 heterocycles. The summed E-state index contributed by atoms with van der Waals surface area (Å²) >= 11 is 0. The van der Waals surface area contributed by atoms with Crippen LogP contribution in [0.2, 0.25) is 0 Å². The molecular weight excluding hydrogens is 548 g/mol. The van der Waals surface area contributed by atoms with E-state index in [0.29, 0.717) is 12.0 Å². The molecule has 0 spiro atoms. The van der Waals surface area contributed by atoms with Crippen LogP contribution < -0.4 is 32.7 Å². The minimum absolute atomic E-state index is 0.0709. The van der Waals surface area contributed by atoms with Crippen LogP contribution in [0.4, 0.5) is 0 Å². The maximum absolute atomic E-state index is 13.6. The zero-order chi connectivity index (χ0) is 31.6. The molecule has 1 aromatic rings. The van der Waals surface area contributed by atoms with Crippen LogP contribution in [0.15, 0.2) is 29.3 Å². The van der Waals surface area contributed by atoms with Crippen molar-refractivity contribution in [2.75, 3.05) is 20.1 Å². The molecule has 15 nitrogen and oxygen atoms in total. The van der Waals surface area contributed by atoms with Gasteiger partial charge in [-0.15, -0.1) is 0 Å². The number of carboxylic acid groups (broad SMARTS) is 1. The number of benzene rings is 1. The quantitative estimate of drug-likeness (QED) is 0.110. The van der Waals surface area contributed by atoms with Gasteiger partial charge in [-0.3, -0.25) is 33.8 Å². The van der Waals surface area contributed by atoms with Crippen LogP contribution >= 0.6 is 0 Å². The van der Waals surface area contributed by atoms with Gasteiger partial charge in [0.15, 0.2) is 5.96 Å². The first-order chi connectivity index (χ1) is 19.6. The number of carbonyl (C=O) groups excluding carboxylic acids is 5. The predicted molar refractivity (Wildman–Crippen MR) is 153 cm³/mol. The highest BCUT2D eigenvalue weighted by molar-refractivity contribution is 5.99. The first kappa shape index (κ1) is 33.5. The Kier molecular flexibility index (Phi) is 11.8. The van der Waals surface area contributed by atoms with Crippen molar-refractivity contribution in [2.45, 2.75) is 64.2 Å². The largest absolute Gasteiger partial charge is 0.481 e. The highest BCUT2D eigenvalue weighted by Crippen LogP contribution is 2.15. The van der Waals surface area contributed by atoms with Crippen molar-refractivity contribution < 1.29 is 33.9 Å². The van der Waals surface area contributed by atoms with Crippen LogP contribution in [0.5, 0.6) is 0 Å². The molecule has 2 bridgehead atoms. The number of guanidine groups is 1. The molecule has 15 heteroatoms. The van der Waals surface area contributed by atoms with Crippen LogP contribution in [-0.2, 0) is 30.5 Å². The summed E-state index contributed by atoms with van der Waals surface area (Å²) in [6, 6.07) is 4.26. The lowest BCUT2D eigenvalue weighted by molar-refractivity contribution is -0.144. The van der Waals surface area contributed by atoms with E-state index in [1.807, 2.05) is 0 Å². The van der Waals surface area contributed by atoms with Crippen LogP contribution in [-0.4, -0.2) is 89.2 Å². The number of amides is 5. The number of aliphatic imine (C=N–C) groups is 1. The second-order valence-electron chi connectivity index (χ2n) is 10.7. The second kappa shape index (κ2) is 14.8. The Morgan fingerprint density at radius 2 is 1.83 bits per heavy atom. The lowest BCUT2D eigenvalue weighted by atomic mass is 9.96. The Hall–Kier alpha value is -4.69. The average molecular weight is 589 g/mol. The summed E-state index contributed by atoms with van der Waals surface area (Å²) in [5.74, 6) is -5.15. The van der Waals surface area contributed by atoms with Gasteiger partial charge in [0.1, 0.15) is 17.6 Å². The summed E-state index contributed by atoms with van der Waals surface area (Å²) in [5, 5.41) is 19.6. The van der Waals surface area contributed by atoms with Crippen LogP contribution in [0, 0.1) is 5.92 Å². The standard InChI is InChI=1S/C27H40N8O7/c1-15(2)21-24(41)35(4)18(9-6-10-30-26(28)29)23(40)31-14-19(36)34-27(3,12-20(37)38)25(42)32-13-16-7-5-8-17(11-16)22(39)33-21/h5,7-8,11,15,18,21H,6,9-10,12-14H2,1-4H3,(H,31,40)(H,32,42)(H,33,39)(H,34,36)(H,37,38)(H4,28,29,30)/t18-,21+,27+/m0/s1. The fourth-order valence-corrected chi connectivity index (χ4v) is 4.43. The molecule has 1 aromatic carbocycles. The monoisotopic (exact) mass is 588 g/mol. The third-order valence-electron chi connectivity index (χ3n) is 6.75. The van der Waals surface area contributed by atoms with Crippen LogP contribution in [0.3, 0.4) is 0 Å². The van der Waals surface area contributed by atoms with E-state index in [4.69, 9.17) is 11.5 Å². The van der Waals surface area contributed by atoms with Crippen molar-refractivity contribution in [1.29, 1.82) is 0 Å². The molecule has 42 heavy (non-hydrogen) atoms. The normalized spacial score (nSPS) is 22.7. The average Bonchev–Trinajstić information content (AvgIpc) is 2.91. The van der Waals surface area contributed by atoms with E-state index in [1.165, 1.54) is 24.9 Å². The molecule has 3 atom stereocenters. The highest BCUT2D eigenvalue weighted by Gasteiger charge is 2.38. The van der Waals surface area contributed by atoms with E-state index in [2.05, 4.69) is 26.3 Å². The number of rotatable bonds is 7. The number of nitrogens with zero attached hydrogens (tertiary/aromatic N) is 2. The van der Waals surface area contributed by atoms with Gasteiger partial charge in [-0.1, -0.05) is 26.0 Å². The van der Waals surface area contributed by atoms with Gasteiger partial charge >= 0.3 is 5.97 Å². The smallest absolute Gasteiger partial charge is 0.306 e. The van der Waals surface area contributed by atoms with Gasteiger partial charge in [0.2, 0.25) is 23.6 Å². The summed E-state index contributed by atoms with van der Waals surface area (Å²) in [5.41, 5.74) is 9.64. The zero-order valence-corrected chi connectivity index (χ0v) is 24.2. The van der Waals surface area contributed by atoms with Gasteiger partial charge in [-0.2, -0.15) is 0 Å². The number of fused-ring (bicyclic) bond motifs is 2. The Morgan fingerprint density at radius 3 is 2.45 bits per heavy atom. The minimum atomic E-state index is -1.86. The van der Waals surface area contributed by atoms with E-state index in [1.54, 1.807) is 32.0 Å². The predicted octanol–water partition coefficient (Wildman–Crippen LogP) is -1.58. The van der Waals surface area contributed by atoms with E-state index in [0.717, 1.165) is 0 Å². The Balaban J connectivity index is 2.50. The summed E-state index contributed by atoms with van der Waals surface area (Å²) in [6.45, 7) is 4.27. The van der Waals surface area contributed by atoms with E-state index < -0.39 is 66.1 Å². The number of carbonyl (C=O) groups is 6. The summed E-state index contributed by atoms with van der Waals surface area (Å²) < 4.78 is 0. The van der Waals surface area contributed by atoms with Gasteiger partial charge in [-0.05, 0) is 43.4 Å². The van der Waals surface area contributed by atoms with Gasteiger partial charge in [-0.25, -0.2) is 0 Å². The van der Waals surface area contributed by atoms with Crippen molar-refractivity contribution in [3.63, 3.8) is 0 Å². The molecule has 1 aliphatic rings. The van der Waals surface area contributed by atoms with Crippen LogP contribution in [0.1, 0.15) is 56.0 Å². The number of nitrogens with one attached hydrogen (secondary N) is 4. The molecule has 5 amide bonds. The number of hydrogen-bond acceptors (Lipinski definition) is 7. The number of likely N-dealkylation sites (N-methyl/N-ethyl adjacent to an activating group) is 1. The third-order valence-corrected chi connectivity index (χ3v) is 6.75. The lowest BCUT2D eigenvalue weighted by Crippen LogP contribution is -2.60. The molecule has 9 N–H and O–H groups in total. The van der Waals surface area contributed by atoms with Gasteiger partial charge < -0.3 is 42.7 Å². The number of hydrogen-bond donors (Lipinski definition) is 7. The summed E-state index contributed by atoms with van der Waals surface area (Å²) in [6.07, 6.45) is -0.309. The molecule has 0 radical (unpaired) electrons. The van der Waals surface area contributed by atoms with E-state index >= 15 is 0 Å². The summed E-state index contributed by atoms with van der Waals surface area (Å²) in [4.78, 5) is 82.5. The molecule has 230 valence electrons. The van der Waals surface area contributed by atoms with E-state index in [-0.39, 0.29) is 37.0 Å². The minimum Gasteiger partial charge on any atom is -0.481 e. The maximum Gasteiger partial charge on any atom is 0.306 e. The Morgan fingerprint density at radius 1 is 1.14 bits per heavy atom. The fourth-order valence-electron chi connectivity index (χ4n) is 4.43. The van der Waals surface area contributed by atoms with Crippen molar-refractivity contribution in [3.8, 4) is 0 Å². The van der Waals surface area contributed by atoms with Gasteiger partial charge in [0, 0.05) is 25.7 Å². The van der Waals surface area contributed by atoms with Crippen LogP contribution in [0.25, 0.3) is 0 Å². The fraction of sp³-hybridized carbons (Fsp3) is 0.519. The number of nitrogens with two attached hydrogens (primary N) is 2. The highest BCUT2D eigenvalue weighted by atomic mass is 16.4. The molecule has 2 rings (SSSR count). The molecule has 0 fully saturated rings. The molecule has 0 saturated carbocycles. The molecule has 0 unspecified atom stereocenters. The molecular formula is C27H40N8O7. The molecule has 0 aliphatic carbocycles. The molecule has 0 aromatic heterocycles. The van der Waals surface area contributed by atoms with Crippen molar-refractivity contribution in [1.82, 2.24) is 26.2 Å². The first-order valence-electron chi connectivity index (χ1n) is 13.4. The van der Waals surface area contributed by atoms with E-state index in [9.17, 15) is 33.9 Å². The zero-order valence-electron chi connectivity index (χ0n) is 24.2. The third kappa shape index (κ3) is 9.45. The van der Waals surface area contributed by atoms with Gasteiger partial charge in [0.25, 0.3) is 5.91 Å². The maximum atomic E-state index is 13.6. The molecule has 0 saturated heterocycles. The lowest BCUT2D eigenvalue weighted by Gasteiger charge is -2.32. The summed E-state index contributed by atoms with van der Waals surface area (Å²) in [7, 11) is 1.42. The Bertz CT molecular complexity index is 1230. The SMILES string of the molecule is CC(C)[C@H]1NC(=O)c2cccc(c2)CNC(=O)[C@@](C)(CC(=O)O)NC(=O)CNC(=O)[C@H](CCCN=C(N)N)N(C)C1=O. The van der Waals surface area contributed by atoms with Crippen molar-refractivity contribution >= 4 is 41.5 Å². The topological polar surface area (TPSA) is 238 Å². The molecule has 1 aliphatic heterocycles. The second-order valence-corrected chi connectivity index (χ2v) is 10.7. The Labute approximate surface area is 243 Å². The van der Waals surface area contributed by atoms with Crippen molar-refractivity contribution in [2.24, 2.45) is 22.4 Å².